The summed E-state index contributed by atoms with van der Waals surface area (Å²) in [6, 6.07) is -0.201. The summed E-state index contributed by atoms with van der Waals surface area (Å²) in [5, 5.41) is 14.1. The van der Waals surface area contributed by atoms with Gasteiger partial charge < -0.3 is 20.5 Å². The van der Waals surface area contributed by atoms with E-state index in [9.17, 15) is 4.79 Å². The average Bonchev–Trinajstić information content (AvgIpc) is 3.01. The lowest BCUT2D eigenvalue weighted by Crippen LogP contribution is -2.42. The van der Waals surface area contributed by atoms with Crippen LogP contribution >= 0.6 is 0 Å². The molecule has 5 heteroatoms. The molecule has 0 aromatic heterocycles. The molecule has 1 atom stereocenters. The highest BCUT2D eigenvalue weighted by Crippen LogP contribution is 2.28. The third-order valence-corrected chi connectivity index (χ3v) is 2.52. The quantitative estimate of drug-likeness (QED) is 0.531. The molecule has 0 aromatic rings. The largest absolute Gasteiger partial charge is 0.396 e. The summed E-state index contributed by atoms with van der Waals surface area (Å²) < 4.78 is 5.38. The number of carbonyl (C=O) groups is 1. The third kappa shape index (κ3) is 6.63. The normalized spacial score (nSPS) is 16.9. The van der Waals surface area contributed by atoms with Crippen LogP contribution in [0.15, 0.2) is 0 Å². The Kier molecular flexibility index (Phi) is 6.18. The van der Waals surface area contributed by atoms with Gasteiger partial charge in [0.05, 0.1) is 6.61 Å². The van der Waals surface area contributed by atoms with Crippen LogP contribution in [-0.2, 0) is 4.74 Å². The molecule has 16 heavy (non-hydrogen) atoms. The summed E-state index contributed by atoms with van der Waals surface area (Å²) in [5.41, 5.74) is 0. The smallest absolute Gasteiger partial charge is 0.315 e. The van der Waals surface area contributed by atoms with Crippen molar-refractivity contribution in [2.24, 2.45) is 5.92 Å². The van der Waals surface area contributed by atoms with Gasteiger partial charge in [0.15, 0.2) is 0 Å². The number of amides is 2. The molecular formula is C11H22N2O3. The van der Waals surface area contributed by atoms with Crippen LogP contribution in [0.5, 0.6) is 0 Å². The van der Waals surface area contributed by atoms with Gasteiger partial charge in [-0.3, -0.25) is 0 Å². The van der Waals surface area contributed by atoms with E-state index in [2.05, 4.69) is 10.6 Å². The lowest BCUT2D eigenvalue weighted by atomic mass is 10.2. The Balaban J connectivity index is 1.88. The van der Waals surface area contributed by atoms with Crippen molar-refractivity contribution in [3.8, 4) is 0 Å². The van der Waals surface area contributed by atoms with Crippen molar-refractivity contribution >= 4 is 6.03 Å². The Morgan fingerprint density at radius 3 is 2.94 bits per heavy atom. The van der Waals surface area contributed by atoms with Crippen LogP contribution in [0.4, 0.5) is 4.79 Å². The number of hydrogen-bond donors (Lipinski definition) is 3. The fourth-order valence-electron chi connectivity index (χ4n) is 1.31. The zero-order valence-corrected chi connectivity index (χ0v) is 9.87. The second-order valence-corrected chi connectivity index (χ2v) is 4.33. The molecule has 2 amide bonds. The molecule has 0 saturated heterocycles. The van der Waals surface area contributed by atoms with E-state index in [-0.39, 0.29) is 18.7 Å². The van der Waals surface area contributed by atoms with Crippen molar-refractivity contribution < 1.29 is 14.6 Å². The highest BCUT2D eigenvalue weighted by Gasteiger charge is 2.20. The van der Waals surface area contributed by atoms with Crippen molar-refractivity contribution in [1.82, 2.24) is 10.6 Å². The first-order valence-corrected chi connectivity index (χ1v) is 5.95. The van der Waals surface area contributed by atoms with Gasteiger partial charge in [0.2, 0.25) is 0 Å². The minimum Gasteiger partial charge on any atom is -0.396 e. The Bertz CT molecular complexity index is 207. The molecule has 0 aromatic carbocycles. The van der Waals surface area contributed by atoms with Gasteiger partial charge in [-0.1, -0.05) is 0 Å². The minimum atomic E-state index is -0.198. The summed E-state index contributed by atoms with van der Waals surface area (Å²) in [6.45, 7) is 3.87. The average molecular weight is 230 g/mol. The van der Waals surface area contributed by atoms with E-state index in [1.165, 1.54) is 12.8 Å². The molecule has 0 aliphatic heterocycles. The number of hydrogen-bond acceptors (Lipinski definition) is 3. The third-order valence-electron chi connectivity index (χ3n) is 2.52. The van der Waals surface area contributed by atoms with Gasteiger partial charge in [-0.05, 0) is 32.1 Å². The number of ether oxygens (including phenoxy) is 1. The van der Waals surface area contributed by atoms with Crippen molar-refractivity contribution in [3.63, 3.8) is 0 Å². The predicted octanol–water partition coefficient (Wildman–Crippen LogP) is 0.483. The van der Waals surface area contributed by atoms with Crippen molar-refractivity contribution in [1.29, 1.82) is 0 Å². The lowest BCUT2D eigenvalue weighted by Gasteiger charge is -2.13. The van der Waals surface area contributed by atoms with E-state index in [1.54, 1.807) is 0 Å². The van der Waals surface area contributed by atoms with Crippen molar-refractivity contribution in [3.05, 3.63) is 0 Å². The molecule has 0 unspecified atom stereocenters. The molecule has 3 N–H and O–H groups in total. The highest BCUT2D eigenvalue weighted by molar-refractivity contribution is 5.74. The van der Waals surface area contributed by atoms with Gasteiger partial charge in [-0.2, -0.15) is 0 Å². The van der Waals surface area contributed by atoms with Gasteiger partial charge in [-0.15, -0.1) is 0 Å². The number of urea groups is 1. The van der Waals surface area contributed by atoms with E-state index < -0.39 is 0 Å². The van der Waals surface area contributed by atoms with Gasteiger partial charge >= 0.3 is 6.03 Å². The van der Waals surface area contributed by atoms with E-state index in [1.807, 2.05) is 6.92 Å². The Labute approximate surface area is 96.6 Å². The molecule has 1 saturated carbocycles. The van der Waals surface area contributed by atoms with Crippen LogP contribution in [0.1, 0.15) is 26.2 Å². The summed E-state index contributed by atoms with van der Waals surface area (Å²) in [5.74, 6) is 0.762. The van der Waals surface area contributed by atoms with Gasteiger partial charge in [0, 0.05) is 25.8 Å². The minimum absolute atomic E-state index is 0.00242. The number of carbonyl (C=O) groups excluding carboxylic acids is 1. The molecule has 5 nitrogen and oxygen atoms in total. The first-order valence-electron chi connectivity index (χ1n) is 5.95. The SMILES string of the molecule is C[C@H](CCO)NC(=O)NCCOCC1CC1. The van der Waals surface area contributed by atoms with Crippen LogP contribution in [0.25, 0.3) is 0 Å². The summed E-state index contributed by atoms with van der Waals surface area (Å²) in [6.07, 6.45) is 3.14. The number of nitrogens with one attached hydrogen (secondary N) is 2. The van der Waals surface area contributed by atoms with E-state index in [0.29, 0.717) is 19.6 Å². The zero-order chi connectivity index (χ0) is 11.8. The maximum atomic E-state index is 11.3. The number of aliphatic hydroxyl groups is 1. The predicted molar refractivity (Wildman–Crippen MR) is 61.2 cm³/mol. The second kappa shape index (κ2) is 7.46. The molecule has 1 aliphatic rings. The molecule has 1 fully saturated rings. The van der Waals surface area contributed by atoms with Gasteiger partial charge in [-0.25, -0.2) is 4.79 Å². The number of rotatable bonds is 8. The van der Waals surface area contributed by atoms with Gasteiger partial charge in [0.25, 0.3) is 0 Å². The molecule has 0 radical (unpaired) electrons. The molecular weight excluding hydrogens is 208 g/mol. The topological polar surface area (TPSA) is 70.6 Å². The fraction of sp³-hybridized carbons (Fsp3) is 0.909. The first kappa shape index (κ1) is 13.3. The van der Waals surface area contributed by atoms with E-state index in [0.717, 1.165) is 12.5 Å². The van der Waals surface area contributed by atoms with E-state index in [4.69, 9.17) is 9.84 Å². The standard InChI is InChI=1S/C11H22N2O3/c1-9(4-6-14)13-11(15)12-5-7-16-8-10-2-3-10/h9-10,14H,2-8H2,1H3,(H2,12,13,15)/t9-/m1/s1. The Morgan fingerprint density at radius 1 is 1.56 bits per heavy atom. The molecule has 0 bridgehead atoms. The summed E-state index contributed by atoms with van der Waals surface area (Å²) in [7, 11) is 0. The molecule has 0 spiro atoms. The molecule has 1 aliphatic carbocycles. The summed E-state index contributed by atoms with van der Waals surface area (Å²) in [4.78, 5) is 11.3. The molecule has 94 valence electrons. The maximum absolute atomic E-state index is 11.3. The monoisotopic (exact) mass is 230 g/mol. The highest BCUT2D eigenvalue weighted by atomic mass is 16.5. The van der Waals surface area contributed by atoms with Crippen LogP contribution in [0.3, 0.4) is 0 Å². The van der Waals surface area contributed by atoms with Crippen LogP contribution in [0, 0.1) is 5.92 Å². The molecule has 0 heterocycles. The zero-order valence-electron chi connectivity index (χ0n) is 9.87. The Morgan fingerprint density at radius 2 is 2.31 bits per heavy atom. The van der Waals surface area contributed by atoms with Crippen LogP contribution in [-0.4, -0.2) is 43.5 Å². The van der Waals surface area contributed by atoms with Gasteiger partial charge in [0.1, 0.15) is 0 Å². The fourth-order valence-corrected chi connectivity index (χ4v) is 1.31. The maximum Gasteiger partial charge on any atom is 0.315 e. The second-order valence-electron chi connectivity index (χ2n) is 4.33. The van der Waals surface area contributed by atoms with Crippen molar-refractivity contribution in [2.45, 2.75) is 32.2 Å². The van der Waals surface area contributed by atoms with Crippen LogP contribution < -0.4 is 10.6 Å². The lowest BCUT2D eigenvalue weighted by molar-refractivity contribution is 0.126. The van der Waals surface area contributed by atoms with Crippen LogP contribution in [0.2, 0.25) is 0 Å². The Hall–Kier alpha value is -0.810. The van der Waals surface area contributed by atoms with E-state index >= 15 is 0 Å². The summed E-state index contributed by atoms with van der Waals surface area (Å²) >= 11 is 0. The first-order chi connectivity index (χ1) is 7.72. The van der Waals surface area contributed by atoms with Crippen molar-refractivity contribution in [2.75, 3.05) is 26.4 Å². The molecule has 1 rings (SSSR count). The number of aliphatic hydroxyl groups excluding tert-OH is 1.